The Labute approximate surface area is 63.6 Å². The molecule has 0 aliphatic carbocycles. The van der Waals surface area contributed by atoms with E-state index in [1.165, 1.54) is 6.92 Å². The van der Waals surface area contributed by atoms with Crippen LogP contribution in [-0.2, 0) is 8.58 Å². The molecule has 0 fully saturated rings. The number of carbonyl (C=O) groups excluding carboxylic acids is 1. The van der Waals surface area contributed by atoms with E-state index in [-0.39, 0.29) is 13.4 Å². The summed E-state index contributed by atoms with van der Waals surface area (Å²) in [4.78, 5) is 10.1. The summed E-state index contributed by atoms with van der Waals surface area (Å²) in [5.74, 6) is -0.120. The van der Waals surface area contributed by atoms with E-state index in [4.69, 9.17) is 3.79 Å². The van der Waals surface area contributed by atoms with Crippen molar-refractivity contribution in [2.75, 3.05) is 0 Å². The Kier molecular flexibility index (Phi) is 10.5. The van der Waals surface area contributed by atoms with Crippen molar-refractivity contribution in [1.82, 2.24) is 0 Å². The molecule has 2 nitrogen and oxygen atoms in total. The summed E-state index contributed by atoms with van der Waals surface area (Å²) < 4.78 is 4.78. The zero-order valence-corrected chi connectivity index (χ0v) is 7.85. The molecule has 0 aromatic carbocycles. The minimum absolute atomic E-state index is 0. The van der Waals surface area contributed by atoms with Gasteiger partial charge in [-0.05, 0) is 0 Å². The Bertz CT molecular complexity index is 73.5. The van der Waals surface area contributed by atoms with Crippen molar-refractivity contribution in [3.8, 4) is 0 Å². The van der Waals surface area contributed by atoms with Crippen LogP contribution in [0.2, 0.25) is 5.28 Å². The first-order valence-corrected chi connectivity index (χ1v) is 4.48. The van der Waals surface area contributed by atoms with Crippen LogP contribution in [0.3, 0.4) is 0 Å². The molecule has 0 aromatic heterocycles. The standard InChI is InChI=1S/C3H7.C2H4O2.CH3.Al.H/c1-3-2;1-2(3)4;;;/h1,3H2,2H3;1H3,(H,3,4);1H3;;/q;;;+1;/p-1. The zero-order valence-electron chi connectivity index (χ0n) is 6.44. The second-order valence-corrected chi connectivity index (χ2v) is 3.10. The molecule has 0 rings (SSSR count). The van der Waals surface area contributed by atoms with Crippen LogP contribution >= 0.6 is 0 Å². The quantitative estimate of drug-likeness (QED) is 0.440. The Morgan fingerprint density at radius 3 is 2.56 bits per heavy atom. The largest absolute Gasteiger partial charge is 0.619 e. The predicted molar refractivity (Wildman–Crippen MR) is 40.4 cm³/mol. The molecule has 9 heavy (non-hydrogen) atoms. The summed E-state index contributed by atoms with van der Waals surface area (Å²) >= 11 is -0.486. The van der Waals surface area contributed by atoms with Crippen molar-refractivity contribution in [3.05, 3.63) is 7.43 Å². The molecule has 0 unspecified atom stereocenters. The van der Waals surface area contributed by atoms with Gasteiger partial charge in [0.05, 0.1) is 0 Å². The summed E-state index contributed by atoms with van der Waals surface area (Å²) in [5, 5.41) is 1.11. The van der Waals surface area contributed by atoms with Crippen LogP contribution in [0.15, 0.2) is 0 Å². The van der Waals surface area contributed by atoms with Crippen LogP contribution in [0, 0.1) is 7.43 Å². The molecule has 0 saturated carbocycles. The molecule has 0 amide bonds. The average Bonchev–Trinajstić information content (AvgIpc) is 1.66. The Morgan fingerprint density at radius 1 is 1.67 bits per heavy atom. The van der Waals surface area contributed by atoms with Crippen molar-refractivity contribution in [1.29, 1.82) is 0 Å². The van der Waals surface area contributed by atoms with Crippen molar-refractivity contribution >= 4 is 21.5 Å². The Balaban J connectivity index is 0. The molecule has 1 radical (unpaired) electrons. The van der Waals surface area contributed by atoms with Gasteiger partial charge in [0, 0.05) is 6.92 Å². The van der Waals surface area contributed by atoms with Crippen LogP contribution in [0.1, 0.15) is 20.3 Å². The van der Waals surface area contributed by atoms with E-state index < -0.39 is 15.6 Å². The fourth-order valence-electron chi connectivity index (χ4n) is 0.360. The molecule has 0 spiro atoms. The van der Waals surface area contributed by atoms with Crippen molar-refractivity contribution < 1.29 is 8.58 Å². The first-order chi connectivity index (χ1) is 3.77. The normalized spacial score (nSPS) is 7.33. The van der Waals surface area contributed by atoms with E-state index in [2.05, 4.69) is 6.92 Å². The predicted octanol–water partition coefficient (Wildman–Crippen LogP) is 1.18. The molecule has 0 atom stereocenters. The Hall–Kier alpha value is 0.00247. The molecule has 0 aliphatic heterocycles. The third kappa shape index (κ3) is 11.5. The highest BCUT2D eigenvalue weighted by Gasteiger charge is 1.95. The van der Waals surface area contributed by atoms with E-state index >= 15 is 0 Å². The van der Waals surface area contributed by atoms with Gasteiger partial charge in [-0.25, -0.2) is 0 Å². The number of rotatable bonds is 3. The van der Waals surface area contributed by atoms with E-state index in [1.807, 2.05) is 0 Å². The van der Waals surface area contributed by atoms with Crippen LogP contribution in [-0.4, -0.2) is 21.5 Å². The maximum absolute atomic E-state index is 10.1. The van der Waals surface area contributed by atoms with E-state index in [0.717, 1.165) is 11.7 Å². The van der Waals surface area contributed by atoms with E-state index in [0.29, 0.717) is 0 Å². The lowest BCUT2D eigenvalue weighted by Crippen LogP contribution is -2.02. The average molecular weight is 145 g/mol. The summed E-state index contributed by atoms with van der Waals surface area (Å²) in [7, 11) is 0. The van der Waals surface area contributed by atoms with Crippen LogP contribution in [0.25, 0.3) is 0 Å². The lowest BCUT2D eigenvalue weighted by molar-refractivity contribution is -0.131. The van der Waals surface area contributed by atoms with Gasteiger partial charge in [0.1, 0.15) is 0 Å². The molecule has 0 aromatic rings. The first kappa shape index (κ1) is 11.8. The minimum Gasteiger partial charge on any atom is -0.619 e. The van der Waals surface area contributed by atoms with Crippen molar-refractivity contribution in [2.24, 2.45) is 0 Å². The summed E-state index contributed by atoms with van der Waals surface area (Å²) in [5.41, 5.74) is 0. The first-order valence-electron chi connectivity index (χ1n) is 2.90. The van der Waals surface area contributed by atoms with E-state index in [1.54, 1.807) is 0 Å². The fourth-order valence-corrected chi connectivity index (χ4v) is 1.08. The monoisotopic (exact) mass is 145 g/mol. The highest BCUT2D eigenvalue weighted by molar-refractivity contribution is 6.30. The smallest absolute Gasteiger partial charge is 0.524 e. The highest BCUT2D eigenvalue weighted by Crippen LogP contribution is 1.85. The topological polar surface area (TPSA) is 26.3 Å². The molecule has 0 aliphatic rings. The maximum Gasteiger partial charge on any atom is 0.524 e. The SMILES string of the molecule is CC[CH2][AlH][O]C(C)=O.[CH3]. The molecule has 0 saturated heterocycles. The Morgan fingerprint density at radius 2 is 2.22 bits per heavy atom. The summed E-state index contributed by atoms with van der Waals surface area (Å²) in [6.07, 6.45) is 1.14. The molecular formula is C6H14AlO2. The lowest BCUT2D eigenvalue weighted by atomic mass is 10.6. The van der Waals surface area contributed by atoms with Gasteiger partial charge < -0.3 is 3.79 Å². The lowest BCUT2D eigenvalue weighted by Gasteiger charge is -1.95. The second-order valence-electron chi connectivity index (χ2n) is 1.69. The zero-order chi connectivity index (χ0) is 6.41. The molecule has 0 heterocycles. The molecule has 0 bridgehead atoms. The third-order valence-corrected chi connectivity index (χ3v) is 2.41. The summed E-state index contributed by atoms with van der Waals surface area (Å²) in [6, 6.07) is 0. The number of hydrogen-bond donors (Lipinski definition) is 0. The highest BCUT2D eigenvalue weighted by atomic mass is 27.1. The van der Waals surface area contributed by atoms with E-state index in [9.17, 15) is 4.79 Å². The van der Waals surface area contributed by atoms with Gasteiger partial charge >= 0.3 is 15.6 Å². The van der Waals surface area contributed by atoms with Gasteiger partial charge in [0.25, 0.3) is 5.97 Å². The van der Waals surface area contributed by atoms with Gasteiger partial charge in [-0.2, -0.15) is 0 Å². The van der Waals surface area contributed by atoms with Gasteiger partial charge in [0.2, 0.25) is 0 Å². The minimum atomic E-state index is -0.486. The van der Waals surface area contributed by atoms with Crippen molar-refractivity contribution in [3.63, 3.8) is 0 Å². The maximum atomic E-state index is 10.1. The summed E-state index contributed by atoms with van der Waals surface area (Å²) in [6.45, 7) is 3.55. The van der Waals surface area contributed by atoms with Gasteiger partial charge in [0.15, 0.2) is 0 Å². The molecular weight excluding hydrogens is 131 g/mol. The number of carbonyl (C=O) groups is 1. The number of hydrogen-bond acceptors (Lipinski definition) is 2. The van der Waals surface area contributed by atoms with Gasteiger partial charge in [-0.1, -0.05) is 26.1 Å². The second kappa shape index (κ2) is 8.00. The molecule has 0 N–H and O–H groups in total. The van der Waals surface area contributed by atoms with Crippen molar-refractivity contribution in [2.45, 2.75) is 25.6 Å². The molecule has 53 valence electrons. The van der Waals surface area contributed by atoms with Crippen LogP contribution in [0.4, 0.5) is 0 Å². The molecule has 3 heteroatoms. The van der Waals surface area contributed by atoms with Gasteiger partial charge in [-0.3, -0.25) is 4.79 Å². The fraction of sp³-hybridized carbons (Fsp3) is 0.667. The van der Waals surface area contributed by atoms with Gasteiger partial charge in [-0.15, -0.1) is 0 Å². The third-order valence-electron chi connectivity index (χ3n) is 0.803. The van der Waals surface area contributed by atoms with Crippen LogP contribution < -0.4 is 0 Å². The van der Waals surface area contributed by atoms with Crippen LogP contribution in [0.5, 0.6) is 0 Å².